The van der Waals surface area contributed by atoms with Gasteiger partial charge in [-0.2, -0.15) is 0 Å². The molecule has 0 aromatic heterocycles. The number of ether oxygens (including phenoxy) is 2. The average molecular weight is 279 g/mol. The number of nitrogen functional groups attached to an aromatic ring is 1. The molecule has 1 heterocycles. The first-order valence-corrected chi connectivity index (χ1v) is 6.08. The summed E-state index contributed by atoms with van der Waals surface area (Å²) in [5.41, 5.74) is 10.8. The second-order valence-corrected chi connectivity index (χ2v) is 5.22. The summed E-state index contributed by atoms with van der Waals surface area (Å²) in [6.45, 7) is 3.53. The number of nitrogens with one attached hydrogen (secondary N) is 1. The normalized spacial score (nSPS) is 13.1. The number of rotatable bonds is 4. The molecule has 0 bridgehead atoms. The molecule has 5 N–H and O–H groups in total. The van der Waals surface area contributed by atoms with Crippen LogP contribution in [0.5, 0.6) is 11.5 Å². The Hall–Kier alpha value is -2.44. The largest absolute Gasteiger partial charge is 0.454 e. The maximum absolute atomic E-state index is 12.1. The Morgan fingerprint density at radius 3 is 2.50 bits per heavy atom. The summed E-state index contributed by atoms with van der Waals surface area (Å²) in [5, 5.41) is 2.64. The van der Waals surface area contributed by atoms with E-state index in [2.05, 4.69) is 5.32 Å². The van der Waals surface area contributed by atoms with Crippen LogP contribution in [0.15, 0.2) is 12.1 Å². The van der Waals surface area contributed by atoms with Crippen LogP contribution in [0.1, 0.15) is 24.2 Å². The van der Waals surface area contributed by atoms with Crippen molar-refractivity contribution in [2.75, 3.05) is 19.1 Å². The first-order valence-electron chi connectivity index (χ1n) is 6.08. The van der Waals surface area contributed by atoms with Crippen LogP contribution in [-0.2, 0) is 4.79 Å². The van der Waals surface area contributed by atoms with Gasteiger partial charge in [0.15, 0.2) is 11.5 Å². The summed E-state index contributed by atoms with van der Waals surface area (Å²) in [4.78, 5) is 23.3. The van der Waals surface area contributed by atoms with Crippen LogP contribution in [0.4, 0.5) is 5.69 Å². The Kier molecular flexibility index (Phi) is 3.44. The maximum Gasteiger partial charge on any atom is 0.253 e. The van der Waals surface area contributed by atoms with E-state index >= 15 is 0 Å². The van der Waals surface area contributed by atoms with Gasteiger partial charge in [0.25, 0.3) is 5.91 Å². The maximum atomic E-state index is 12.1. The number of nitrogens with two attached hydrogens (primary N) is 2. The summed E-state index contributed by atoms with van der Waals surface area (Å²) >= 11 is 0. The van der Waals surface area contributed by atoms with Gasteiger partial charge in [-0.05, 0) is 19.9 Å². The predicted molar refractivity (Wildman–Crippen MR) is 72.3 cm³/mol. The van der Waals surface area contributed by atoms with Crippen molar-refractivity contribution in [2.45, 2.75) is 13.8 Å². The van der Waals surface area contributed by atoms with Gasteiger partial charge >= 0.3 is 0 Å². The topological polar surface area (TPSA) is 117 Å². The molecule has 0 spiro atoms. The molecule has 0 atom stereocenters. The number of primary amides is 1. The van der Waals surface area contributed by atoms with Crippen molar-refractivity contribution in [3.05, 3.63) is 17.7 Å². The molecule has 1 aromatic rings. The SMILES string of the molecule is CC(C)(CNC(=O)c1cc2c(cc1N)OCO2)C(N)=O. The van der Waals surface area contributed by atoms with Gasteiger partial charge in [0.05, 0.1) is 11.0 Å². The molecule has 108 valence electrons. The highest BCUT2D eigenvalue weighted by Crippen LogP contribution is 2.35. The lowest BCUT2D eigenvalue weighted by Crippen LogP contribution is -2.42. The standard InChI is InChI=1S/C13H17N3O4/c1-13(2,12(15)18)5-16-11(17)7-3-9-10(4-8(7)14)20-6-19-9/h3-4H,5-6,14H2,1-2H3,(H2,15,18)(H,16,17). The second-order valence-electron chi connectivity index (χ2n) is 5.22. The third-order valence-electron chi connectivity index (χ3n) is 3.15. The number of hydrogen-bond donors (Lipinski definition) is 3. The molecule has 20 heavy (non-hydrogen) atoms. The summed E-state index contributed by atoms with van der Waals surface area (Å²) in [5.74, 6) is 0.0987. The lowest BCUT2D eigenvalue weighted by molar-refractivity contribution is -0.125. The van der Waals surface area contributed by atoms with Gasteiger partial charge in [-0.25, -0.2) is 0 Å². The van der Waals surface area contributed by atoms with Gasteiger partial charge in [-0.1, -0.05) is 0 Å². The molecule has 0 saturated carbocycles. The number of benzene rings is 1. The van der Waals surface area contributed by atoms with Crippen molar-refractivity contribution in [1.82, 2.24) is 5.32 Å². The number of amides is 2. The van der Waals surface area contributed by atoms with Crippen molar-refractivity contribution in [1.29, 1.82) is 0 Å². The van der Waals surface area contributed by atoms with Gasteiger partial charge in [0.1, 0.15) is 0 Å². The second kappa shape index (κ2) is 4.92. The van der Waals surface area contributed by atoms with Crippen molar-refractivity contribution >= 4 is 17.5 Å². The molecule has 0 fully saturated rings. The first-order chi connectivity index (χ1) is 9.31. The fourth-order valence-corrected chi connectivity index (χ4v) is 1.64. The summed E-state index contributed by atoms with van der Waals surface area (Å²) in [6, 6.07) is 3.06. The third-order valence-corrected chi connectivity index (χ3v) is 3.15. The summed E-state index contributed by atoms with van der Waals surface area (Å²) < 4.78 is 10.4. The van der Waals surface area contributed by atoms with Crippen LogP contribution in [0.3, 0.4) is 0 Å². The Bertz CT molecular complexity index is 569. The van der Waals surface area contributed by atoms with E-state index in [0.29, 0.717) is 11.5 Å². The molecular formula is C13H17N3O4. The molecule has 7 nitrogen and oxygen atoms in total. The zero-order chi connectivity index (χ0) is 14.9. The number of carbonyl (C=O) groups excluding carboxylic acids is 2. The van der Waals surface area contributed by atoms with E-state index in [0.717, 1.165) is 0 Å². The van der Waals surface area contributed by atoms with Crippen LogP contribution in [0.2, 0.25) is 0 Å². The summed E-state index contributed by atoms with van der Waals surface area (Å²) in [7, 11) is 0. The molecule has 0 aliphatic carbocycles. The van der Waals surface area contributed by atoms with E-state index in [-0.39, 0.29) is 24.6 Å². The van der Waals surface area contributed by atoms with Gasteiger partial charge in [0, 0.05) is 18.3 Å². The van der Waals surface area contributed by atoms with Crippen molar-refractivity contribution in [3.8, 4) is 11.5 Å². The monoisotopic (exact) mass is 279 g/mol. The molecule has 1 aromatic carbocycles. The molecule has 7 heteroatoms. The summed E-state index contributed by atoms with van der Waals surface area (Å²) in [6.07, 6.45) is 0. The third kappa shape index (κ3) is 2.61. The van der Waals surface area contributed by atoms with Gasteiger partial charge in [0.2, 0.25) is 12.7 Å². The Morgan fingerprint density at radius 2 is 1.90 bits per heavy atom. The van der Waals surface area contributed by atoms with E-state index in [1.807, 2.05) is 0 Å². The van der Waals surface area contributed by atoms with E-state index in [1.54, 1.807) is 13.8 Å². The molecule has 2 rings (SSSR count). The highest BCUT2D eigenvalue weighted by molar-refractivity contribution is 6.00. The van der Waals surface area contributed by atoms with Gasteiger partial charge in [-0.15, -0.1) is 0 Å². The number of hydrogen-bond acceptors (Lipinski definition) is 5. The number of fused-ring (bicyclic) bond motifs is 1. The van der Waals surface area contributed by atoms with Crippen LogP contribution in [0.25, 0.3) is 0 Å². The zero-order valence-electron chi connectivity index (χ0n) is 11.4. The lowest BCUT2D eigenvalue weighted by atomic mass is 9.92. The molecular weight excluding hydrogens is 262 g/mol. The minimum atomic E-state index is -0.833. The fourth-order valence-electron chi connectivity index (χ4n) is 1.64. The van der Waals surface area contributed by atoms with E-state index in [4.69, 9.17) is 20.9 Å². The minimum Gasteiger partial charge on any atom is -0.454 e. The van der Waals surface area contributed by atoms with Crippen LogP contribution in [0, 0.1) is 5.41 Å². The lowest BCUT2D eigenvalue weighted by Gasteiger charge is -2.21. The van der Waals surface area contributed by atoms with Crippen molar-refractivity contribution < 1.29 is 19.1 Å². The van der Waals surface area contributed by atoms with Crippen LogP contribution < -0.4 is 26.3 Å². The Morgan fingerprint density at radius 1 is 1.30 bits per heavy atom. The van der Waals surface area contributed by atoms with Gasteiger partial charge < -0.3 is 26.3 Å². The first kappa shape index (κ1) is 14.0. The minimum absolute atomic E-state index is 0.106. The van der Waals surface area contributed by atoms with Gasteiger partial charge in [-0.3, -0.25) is 9.59 Å². The number of carbonyl (C=O) groups is 2. The molecule has 0 radical (unpaired) electrons. The number of anilines is 1. The average Bonchev–Trinajstić information content (AvgIpc) is 2.81. The van der Waals surface area contributed by atoms with E-state index in [9.17, 15) is 9.59 Å². The van der Waals surface area contributed by atoms with E-state index < -0.39 is 17.2 Å². The van der Waals surface area contributed by atoms with Crippen molar-refractivity contribution in [3.63, 3.8) is 0 Å². The molecule has 2 amide bonds. The Balaban J connectivity index is 2.12. The van der Waals surface area contributed by atoms with Crippen LogP contribution >= 0.6 is 0 Å². The molecule has 1 aliphatic rings. The molecule has 1 aliphatic heterocycles. The molecule has 0 saturated heterocycles. The predicted octanol–water partition coefficient (Wildman–Crippen LogP) is 0.239. The Labute approximate surface area is 116 Å². The smallest absolute Gasteiger partial charge is 0.253 e. The fraction of sp³-hybridized carbons (Fsp3) is 0.385. The highest BCUT2D eigenvalue weighted by Gasteiger charge is 2.26. The highest BCUT2D eigenvalue weighted by atomic mass is 16.7. The zero-order valence-corrected chi connectivity index (χ0v) is 11.4. The molecule has 0 unspecified atom stereocenters. The van der Waals surface area contributed by atoms with Crippen molar-refractivity contribution in [2.24, 2.45) is 11.1 Å². The van der Waals surface area contributed by atoms with E-state index in [1.165, 1.54) is 12.1 Å². The quantitative estimate of drug-likeness (QED) is 0.682. The van der Waals surface area contributed by atoms with Crippen LogP contribution in [-0.4, -0.2) is 25.2 Å².